The zero-order valence-corrected chi connectivity index (χ0v) is 7.09. The molecule has 0 amide bonds. The van der Waals surface area contributed by atoms with Crippen molar-refractivity contribution in [3.8, 4) is 6.07 Å². The highest BCUT2D eigenvalue weighted by Gasteiger charge is 2.04. The summed E-state index contributed by atoms with van der Waals surface area (Å²) in [7, 11) is 0. The average molecular weight is 147 g/mol. The normalized spacial score (nSPS) is 10.9. The van der Waals surface area contributed by atoms with Crippen LogP contribution in [0.1, 0.15) is 13.8 Å². The van der Waals surface area contributed by atoms with Crippen LogP contribution >= 0.6 is 0 Å². The Morgan fingerprint density at radius 2 is 2.09 bits per heavy atom. The van der Waals surface area contributed by atoms with Crippen LogP contribution in [-0.2, 0) is 0 Å². The number of nitriles is 1. The fourth-order valence-corrected chi connectivity index (χ4v) is 0.645. The van der Waals surface area contributed by atoms with Gasteiger partial charge in [-0.2, -0.15) is 5.26 Å². The first-order chi connectivity index (χ1) is 5.13. The van der Waals surface area contributed by atoms with Crippen LogP contribution in [0.15, 0.2) is 36.5 Å². The van der Waals surface area contributed by atoms with Crippen molar-refractivity contribution in [1.29, 1.82) is 5.26 Å². The van der Waals surface area contributed by atoms with E-state index in [0.29, 0.717) is 11.5 Å². The Balaban J connectivity index is 4.56. The molecule has 0 bridgehead atoms. The first kappa shape index (κ1) is 9.71. The minimum Gasteiger partial charge on any atom is -0.192 e. The number of hydrogen-bond acceptors (Lipinski definition) is 1. The lowest BCUT2D eigenvalue weighted by atomic mass is 9.98. The maximum atomic E-state index is 8.65. The van der Waals surface area contributed by atoms with Gasteiger partial charge in [-0.05, 0) is 17.6 Å². The molecule has 0 fully saturated rings. The highest BCUT2D eigenvalue weighted by Crippen LogP contribution is 2.15. The van der Waals surface area contributed by atoms with Crippen molar-refractivity contribution in [2.45, 2.75) is 13.8 Å². The van der Waals surface area contributed by atoms with Crippen LogP contribution in [0.3, 0.4) is 0 Å². The third kappa shape index (κ3) is 2.86. The van der Waals surface area contributed by atoms with Gasteiger partial charge in [0.05, 0.1) is 11.6 Å². The molecule has 0 aromatic rings. The Bertz CT molecular complexity index is 226. The predicted molar refractivity (Wildman–Crippen MR) is 47.9 cm³/mol. The fourth-order valence-electron chi connectivity index (χ4n) is 0.645. The van der Waals surface area contributed by atoms with E-state index in [4.69, 9.17) is 5.26 Å². The first-order valence-electron chi connectivity index (χ1n) is 3.55. The van der Waals surface area contributed by atoms with E-state index in [0.717, 1.165) is 5.57 Å². The van der Waals surface area contributed by atoms with E-state index >= 15 is 0 Å². The summed E-state index contributed by atoms with van der Waals surface area (Å²) in [5.41, 5.74) is 1.49. The summed E-state index contributed by atoms with van der Waals surface area (Å²) in [6, 6.07) is 2.07. The second-order valence-corrected chi connectivity index (χ2v) is 2.61. The molecule has 0 aromatic carbocycles. The van der Waals surface area contributed by atoms with E-state index in [9.17, 15) is 0 Å². The molecule has 0 unspecified atom stereocenters. The second kappa shape index (κ2) is 4.51. The molecule has 0 rings (SSSR count). The SMILES string of the molecule is C=C/C=C(/C#N)C(=C)C(C)C. The number of hydrogen-bond donors (Lipinski definition) is 0. The molecule has 0 radical (unpaired) electrons. The average Bonchev–Trinajstić information content (AvgIpc) is 1.98. The maximum absolute atomic E-state index is 8.65. The second-order valence-electron chi connectivity index (χ2n) is 2.61. The monoisotopic (exact) mass is 147 g/mol. The van der Waals surface area contributed by atoms with Gasteiger partial charge in [0, 0.05) is 0 Å². The summed E-state index contributed by atoms with van der Waals surface area (Å²) in [5.74, 6) is 0.320. The Morgan fingerprint density at radius 1 is 1.55 bits per heavy atom. The van der Waals surface area contributed by atoms with E-state index in [-0.39, 0.29) is 0 Å². The minimum absolute atomic E-state index is 0.320. The van der Waals surface area contributed by atoms with Gasteiger partial charge in [-0.15, -0.1) is 0 Å². The van der Waals surface area contributed by atoms with E-state index in [2.05, 4.69) is 19.2 Å². The van der Waals surface area contributed by atoms with Gasteiger partial charge < -0.3 is 0 Å². The first-order valence-corrected chi connectivity index (χ1v) is 3.55. The van der Waals surface area contributed by atoms with Crippen LogP contribution < -0.4 is 0 Å². The zero-order chi connectivity index (χ0) is 8.85. The molecular weight excluding hydrogens is 134 g/mol. The Labute approximate surface area is 68.3 Å². The van der Waals surface area contributed by atoms with Crippen LogP contribution in [-0.4, -0.2) is 0 Å². The lowest BCUT2D eigenvalue weighted by molar-refractivity contribution is 0.787. The Morgan fingerprint density at radius 3 is 2.36 bits per heavy atom. The number of rotatable bonds is 3. The quantitative estimate of drug-likeness (QED) is 0.445. The standard InChI is InChI=1S/C10H13N/c1-5-6-10(7-11)9(4)8(2)3/h5-6,8H,1,4H2,2-3H3/b10-6-. The van der Waals surface area contributed by atoms with Crippen molar-refractivity contribution in [3.05, 3.63) is 36.5 Å². The molecule has 1 heteroatoms. The van der Waals surface area contributed by atoms with Crippen molar-refractivity contribution in [2.24, 2.45) is 5.92 Å². The summed E-state index contributed by atoms with van der Waals surface area (Å²) in [6.07, 6.45) is 3.29. The number of allylic oxidation sites excluding steroid dienone is 4. The van der Waals surface area contributed by atoms with Gasteiger partial charge in [-0.3, -0.25) is 0 Å². The van der Waals surface area contributed by atoms with E-state index in [1.165, 1.54) is 0 Å². The van der Waals surface area contributed by atoms with Gasteiger partial charge in [0.2, 0.25) is 0 Å². The van der Waals surface area contributed by atoms with Gasteiger partial charge in [0.15, 0.2) is 0 Å². The summed E-state index contributed by atoms with van der Waals surface area (Å²) in [4.78, 5) is 0. The molecule has 0 spiro atoms. The molecule has 0 aliphatic heterocycles. The fraction of sp³-hybridized carbons (Fsp3) is 0.300. The van der Waals surface area contributed by atoms with Crippen molar-refractivity contribution >= 4 is 0 Å². The summed E-state index contributed by atoms with van der Waals surface area (Å²) < 4.78 is 0. The topological polar surface area (TPSA) is 23.8 Å². The van der Waals surface area contributed by atoms with Gasteiger partial charge in [-0.25, -0.2) is 0 Å². The maximum Gasteiger partial charge on any atom is 0.0994 e. The zero-order valence-electron chi connectivity index (χ0n) is 7.09. The van der Waals surface area contributed by atoms with E-state index in [1.807, 2.05) is 13.8 Å². The Kier molecular flexibility index (Phi) is 3.98. The highest BCUT2D eigenvalue weighted by molar-refractivity contribution is 5.42. The summed E-state index contributed by atoms with van der Waals surface area (Å²) >= 11 is 0. The molecule has 0 atom stereocenters. The molecule has 0 aliphatic carbocycles. The van der Waals surface area contributed by atoms with Crippen LogP contribution in [0.5, 0.6) is 0 Å². The van der Waals surface area contributed by atoms with Crippen LogP contribution in [0.4, 0.5) is 0 Å². The van der Waals surface area contributed by atoms with Crippen molar-refractivity contribution < 1.29 is 0 Å². The summed E-state index contributed by atoms with van der Waals surface area (Å²) in [5, 5.41) is 8.65. The molecule has 0 aliphatic rings. The number of nitrogens with zero attached hydrogens (tertiary/aromatic N) is 1. The van der Waals surface area contributed by atoms with Crippen LogP contribution in [0.25, 0.3) is 0 Å². The molecule has 0 aromatic heterocycles. The smallest absolute Gasteiger partial charge is 0.0994 e. The van der Waals surface area contributed by atoms with Gasteiger partial charge in [0.1, 0.15) is 0 Å². The third-order valence-corrected chi connectivity index (χ3v) is 1.45. The van der Waals surface area contributed by atoms with Crippen LogP contribution in [0, 0.1) is 17.2 Å². The van der Waals surface area contributed by atoms with Crippen molar-refractivity contribution in [3.63, 3.8) is 0 Å². The van der Waals surface area contributed by atoms with Gasteiger partial charge in [-0.1, -0.05) is 33.1 Å². The predicted octanol–water partition coefficient (Wildman–Crippen LogP) is 2.83. The molecule has 0 saturated carbocycles. The van der Waals surface area contributed by atoms with Gasteiger partial charge >= 0.3 is 0 Å². The highest BCUT2D eigenvalue weighted by atomic mass is 14.3. The molecule has 1 nitrogen and oxygen atoms in total. The van der Waals surface area contributed by atoms with Crippen LogP contribution in [0.2, 0.25) is 0 Å². The largest absolute Gasteiger partial charge is 0.192 e. The van der Waals surface area contributed by atoms with Gasteiger partial charge in [0.25, 0.3) is 0 Å². The van der Waals surface area contributed by atoms with Crippen molar-refractivity contribution in [1.82, 2.24) is 0 Å². The third-order valence-electron chi connectivity index (χ3n) is 1.45. The molecule has 0 heterocycles. The molecule has 11 heavy (non-hydrogen) atoms. The molecular formula is C10H13N. The molecule has 58 valence electrons. The lowest BCUT2D eigenvalue weighted by Crippen LogP contribution is -1.94. The molecule has 0 saturated heterocycles. The lowest BCUT2D eigenvalue weighted by Gasteiger charge is -2.05. The molecule has 0 N–H and O–H groups in total. The minimum atomic E-state index is 0.320. The summed E-state index contributed by atoms with van der Waals surface area (Å²) in [6.45, 7) is 11.3. The van der Waals surface area contributed by atoms with E-state index < -0.39 is 0 Å². The van der Waals surface area contributed by atoms with E-state index in [1.54, 1.807) is 12.2 Å². The van der Waals surface area contributed by atoms with Crippen molar-refractivity contribution in [2.75, 3.05) is 0 Å². The Hall–Kier alpha value is -1.29.